The zero-order valence-corrected chi connectivity index (χ0v) is 23.2. The van der Waals surface area contributed by atoms with Gasteiger partial charge in [0.25, 0.3) is 11.8 Å². The Bertz CT molecular complexity index is 1280. The van der Waals surface area contributed by atoms with Crippen molar-refractivity contribution < 1.29 is 22.8 Å². The zero-order chi connectivity index (χ0) is 26.7. The van der Waals surface area contributed by atoms with E-state index in [1.807, 2.05) is 13.8 Å². The maximum Gasteiger partial charge on any atom is 0.257 e. The zero-order valence-electron chi connectivity index (χ0n) is 21.6. The van der Waals surface area contributed by atoms with Crippen molar-refractivity contribution >= 4 is 44.1 Å². The number of hydrogen-bond donors (Lipinski definition) is 1. The van der Waals surface area contributed by atoms with Crippen molar-refractivity contribution in [2.24, 2.45) is 0 Å². The number of fused-ring (bicyclic) bond motifs is 1. The summed E-state index contributed by atoms with van der Waals surface area (Å²) >= 11 is 1.32. The molecule has 3 amide bonds. The van der Waals surface area contributed by atoms with Gasteiger partial charge in [0.05, 0.1) is 17.0 Å². The van der Waals surface area contributed by atoms with Crippen LogP contribution >= 0.6 is 11.3 Å². The fourth-order valence-electron chi connectivity index (χ4n) is 4.86. The Morgan fingerprint density at radius 1 is 1.00 bits per heavy atom. The highest BCUT2D eigenvalue weighted by molar-refractivity contribution is 7.89. The standard InChI is InChI=1S/C26H34N4O5S2/c1-4-28(5-2)26(33)23-21-13-16-29(18(3)31)17-22(21)36-25(23)27-24(32)19-9-11-20(12-10-19)37(34,35)30-14-7-6-8-15-30/h9-12H,4-8,13-17H2,1-3H3,(H,27,32). The van der Waals surface area contributed by atoms with E-state index in [4.69, 9.17) is 0 Å². The second kappa shape index (κ2) is 11.3. The summed E-state index contributed by atoms with van der Waals surface area (Å²) in [5.41, 5.74) is 1.68. The summed E-state index contributed by atoms with van der Waals surface area (Å²) in [5, 5.41) is 3.36. The van der Waals surface area contributed by atoms with E-state index in [1.54, 1.807) is 9.80 Å². The number of nitrogens with one attached hydrogen (secondary N) is 1. The Balaban J connectivity index is 1.60. The van der Waals surface area contributed by atoms with Gasteiger partial charge in [-0.3, -0.25) is 14.4 Å². The van der Waals surface area contributed by atoms with Crippen molar-refractivity contribution in [2.75, 3.05) is 38.0 Å². The van der Waals surface area contributed by atoms with Crippen LogP contribution in [0.3, 0.4) is 0 Å². The number of thiophene rings is 1. The molecule has 0 radical (unpaired) electrons. The predicted octanol–water partition coefficient (Wildman–Crippen LogP) is 3.56. The average molecular weight is 547 g/mol. The van der Waals surface area contributed by atoms with Crippen LogP contribution < -0.4 is 5.32 Å². The molecule has 0 atom stereocenters. The maximum absolute atomic E-state index is 13.4. The van der Waals surface area contributed by atoms with E-state index in [-0.39, 0.29) is 16.7 Å². The van der Waals surface area contributed by atoms with E-state index >= 15 is 0 Å². The van der Waals surface area contributed by atoms with Crippen LogP contribution in [0.1, 0.15) is 71.2 Å². The number of hydrogen-bond acceptors (Lipinski definition) is 6. The molecule has 3 heterocycles. The summed E-state index contributed by atoms with van der Waals surface area (Å²) in [6, 6.07) is 5.93. The summed E-state index contributed by atoms with van der Waals surface area (Å²) < 4.78 is 27.4. The highest BCUT2D eigenvalue weighted by Gasteiger charge is 2.31. The third-order valence-corrected chi connectivity index (χ3v) is 10.1. The smallest absolute Gasteiger partial charge is 0.257 e. The first-order chi connectivity index (χ1) is 17.7. The second-order valence-corrected chi connectivity index (χ2v) is 12.4. The molecule has 9 nitrogen and oxygen atoms in total. The average Bonchev–Trinajstić information content (AvgIpc) is 3.26. The van der Waals surface area contributed by atoms with Crippen LogP contribution in [0.25, 0.3) is 0 Å². The van der Waals surface area contributed by atoms with E-state index in [0.717, 1.165) is 29.7 Å². The summed E-state index contributed by atoms with van der Waals surface area (Å²) in [6.45, 7) is 8.39. The minimum atomic E-state index is -3.59. The Morgan fingerprint density at radius 3 is 2.24 bits per heavy atom. The van der Waals surface area contributed by atoms with Crippen LogP contribution in [0.15, 0.2) is 29.2 Å². The molecular weight excluding hydrogens is 512 g/mol. The molecule has 37 heavy (non-hydrogen) atoms. The first kappa shape index (κ1) is 27.3. The largest absolute Gasteiger partial charge is 0.339 e. The van der Waals surface area contributed by atoms with Crippen molar-refractivity contribution in [2.45, 2.75) is 57.9 Å². The monoisotopic (exact) mass is 546 g/mol. The number of sulfonamides is 1. The molecule has 0 unspecified atom stereocenters. The number of rotatable bonds is 7. The highest BCUT2D eigenvalue weighted by atomic mass is 32.2. The fraction of sp³-hybridized carbons (Fsp3) is 0.500. The van der Waals surface area contributed by atoms with E-state index < -0.39 is 15.9 Å². The van der Waals surface area contributed by atoms with Crippen LogP contribution in [0.5, 0.6) is 0 Å². The van der Waals surface area contributed by atoms with Crippen molar-refractivity contribution in [3.63, 3.8) is 0 Å². The highest BCUT2D eigenvalue weighted by Crippen LogP contribution is 2.38. The number of carbonyl (C=O) groups is 3. The molecule has 2 aliphatic heterocycles. The number of nitrogens with zero attached hydrogens (tertiary/aromatic N) is 3. The molecule has 1 aromatic heterocycles. The molecule has 0 spiro atoms. The Morgan fingerprint density at radius 2 is 1.65 bits per heavy atom. The lowest BCUT2D eigenvalue weighted by molar-refractivity contribution is -0.129. The van der Waals surface area contributed by atoms with Gasteiger partial charge in [-0.15, -0.1) is 11.3 Å². The third-order valence-electron chi connectivity index (χ3n) is 7.06. The van der Waals surface area contributed by atoms with Gasteiger partial charge in [0.1, 0.15) is 5.00 Å². The van der Waals surface area contributed by atoms with Crippen molar-refractivity contribution in [3.8, 4) is 0 Å². The van der Waals surface area contributed by atoms with Crippen LogP contribution in [0.4, 0.5) is 5.00 Å². The molecule has 2 aliphatic rings. The molecule has 1 aromatic carbocycles. The lowest BCUT2D eigenvalue weighted by Crippen LogP contribution is -2.35. The molecule has 0 saturated carbocycles. The van der Waals surface area contributed by atoms with E-state index in [1.165, 1.54) is 46.8 Å². The van der Waals surface area contributed by atoms with E-state index in [2.05, 4.69) is 5.32 Å². The van der Waals surface area contributed by atoms with E-state index in [0.29, 0.717) is 61.8 Å². The van der Waals surface area contributed by atoms with Gasteiger partial charge < -0.3 is 15.1 Å². The summed E-state index contributed by atoms with van der Waals surface area (Å²) in [7, 11) is -3.59. The van der Waals surface area contributed by atoms with Gasteiger partial charge in [0.15, 0.2) is 0 Å². The van der Waals surface area contributed by atoms with Gasteiger partial charge >= 0.3 is 0 Å². The van der Waals surface area contributed by atoms with Gasteiger partial charge in [-0.2, -0.15) is 4.31 Å². The molecule has 4 rings (SSSR count). The van der Waals surface area contributed by atoms with Gasteiger partial charge in [-0.05, 0) is 62.9 Å². The predicted molar refractivity (Wildman–Crippen MR) is 143 cm³/mol. The van der Waals surface area contributed by atoms with Crippen LogP contribution in [0.2, 0.25) is 0 Å². The van der Waals surface area contributed by atoms with Crippen LogP contribution in [-0.2, 0) is 27.8 Å². The number of piperidine rings is 1. The summed E-state index contributed by atoms with van der Waals surface area (Å²) in [6.07, 6.45) is 3.28. The lowest BCUT2D eigenvalue weighted by atomic mass is 10.0. The molecule has 1 N–H and O–H groups in total. The second-order valence-electron chi connectivity index (χ2n) is 9.32. The third kappa shape index (κ3) is 5.58. The Kier molecular flexibility index (Phi) is 8.35. The Hall–Kier alpha value is -2.76. The van der Waals surface area contributed by atoms with Gasteiger partial charge in [-0.1, -0.05) is 6.42 Å². The van der Waals surface area contributed by atoms with Crippen LogP contribution in [-0.4, -0.2) is 73.0 Å². The first-order valence-corrected chi connectivity index (χ1v) is 15.0. The van der Waals surface area contributed by atoms with Crippen molar-refractivity contribution in [1.82, 2.24) is 14.1 Å². The minimum absolute atomic E-state index is 0.0270. The first-order valence-electron chi connectivity index (χ1n) is 12.8. The Labute approximate surface area is 222 Å². The van der Waals surface area contributed by atoms with Crippen molar-refractivity contribution in [1.29, 1.82) is 0 Å². The lowest BCUT2D eigenvalue weighted by Gasteiger charge is -2.27. The molecule has 0 bridgehead atoms. The molecule has 200 valence electrons. The summed E-state index contributed by atoms with van der Waals surface area (Å²) in [4.78, 5) is 43.1. The number of benzene rings is 1. The molecule has 2 aromatic rings. The van der Waals surface area contributed by atoms with Gasteiger partial charge in [0.2, 0.25) is 15.9 Å². The van der Waals surface area contributed by atoms with Gasteiger partial charge in [-0.25, -0.2) is 8.42 Å². The normalized spacial score (nSPS) is 16.2. The molecule has 0 aliphatic carbocycles. The fourth-order valence-corrected chi connectivity index (χ4v) is 7.63. The number of carbonyl (C=O) groups excluding carboxylic acids is 3. The van der Waals surface area contributed by atoms with Crippen LogP contribution in [0, 0.1) is 0 Å². The number of amides is 3. The van der Waals surface area contributed by atoms with E-state index in [9.17, 15) is 22.8 Å². The number of anilines is 1. The molecule has 1 fully saturated rings. The molecule has 11 heteroatoms. The SMILES string of the molecule is CCN(CC)C(=O)c1c(NC(=O)c2ccc(S(=O)(=O)N3CCCCC3)cc2)sc2c1CCN(C(C)=O)C2. The molecular formula is C26H34N4O5S2. The van der Waals surface area contributed by atoms with Crippen molar-refractivity contribution in [3.05, 3.63) is 45.8 Å². The maximum atomic E-state index is 13.4. The summed E-state index contributed by atoms with van der Waals surface area (Å²) in [5.74, 6) is -0.588. The van der Waals surface area contributed by atoms with Gasteiger partial charge in [0, 0.05) is 50.1 Å². The molecule has 1 saturated heterocycles. The topological polar surface area (TPSA) is 107 Å². The minimum Gasteiger partial charge on any atom is -0.339 e. The quantitative estimate of drug-likeness (QED) is 0.572.